The zero-order chi connectivity index (χ0) is 18.1. The summed E-state index contributed by atoms with van der Waals surface area (Å²) in [5, 5.41) is 7.46. The molecule has 0 radical (unpaired) electrons. The Bertz CT molecular complexity index is 860. The number of halogens is 1. The molecule has 8 nitrogen and oxygen atoms in total. The van der Waals surface area contributed by atoms with Crippen LogP contribution in [0.4, 0.5) is 0 Å². The summed E-state index contributed by atoms with van der Waals surface area (Å²) >= 11 is 0. The van der Waals surface area contributed by atoms with Crippen LogP contribution in [0, 0.1) is 0 Å². The first-order valence-electron chi connectivity index (χ1n) is 8.89. The van der Waals surface area contributed by atoms with E-state index in [1.54, 1.807) is 30.3 Å². The number of nitrogens with one attached hydrogen (secondary N) is 1. The molecule has 1 N–H and O–H groups in total. The molecule has 27 heavy (non-hydrogen) atoms. The molecule has 0 amide bonds. The Kier molecular flexibility index (Phi) is 6.17. The van der Waals surface area contributed by atoms with Gasteiger partial charge in [0, 0.05) is 26.2 Å². The van der Waals surface area contributed by atoms with Crippen molar-refractivity contribution < 1.29 is 12.9 Å². The number of aromatic nitrogens is 2. The van der Waals surface area contributed by atoms with Crippen molar-refractivity contribution in [3.05, 3.63) is 42.0 Å². The van der Waals surface area contributed by atoms with Gasteiger partial charge in [0.15, 0.2) is 5.82 Å². The molecule has 2 aliphatic rings. The Morgan fingerprint density at radius 3 is 2.70 bits per heavy atom. The molecule has 2 fully saturated rings. The van der Waals surface area contributed by atoms with E-state index in [9.17, 15) is 8.42 Å². The fourth-order valence-corrected chi connectivity index (χ4v) is 5.29. The first kappa shape index (κ1) is 20.2. The smallest absolute Gasteiger partial charge is 0.245 e. The van der Waals surface area contributed by atoms with Crippen molar-refractivity contribution in [3.8, 4) is 0 Å². The van der Waals surface area contributed by atoms with Gasteiger partial charge in [0.05, 0.1) is 10.9 Å². The minimum Gasteiger partial charge on any atom is -0.337 e. The van der Waals surface area contributed by atoms with E-state index in [2.05, 4.69) is 20.4 Å². The fourth-order valence-electron chi connectivity index (χ4n) is 3.61. The maximum absolute atomic E-state index is 13.0. The van der Waals surface area contributed by atoms with Crippen LogP contribution in [0.15, 0.2) is 39.8 Å². The van der Waals surface area contributed by atoms with Crippen LogP contribution < -0.4 is 5.32 Å². The van der Waals surface area contributed by atoms with Gasteiger partial charge in [-0.25, -0.2) is 8.42 Å². The van der Waals surface area contributed by atoms with E-state index >= 15 is 0 Å². The Hall–Kier alpha value is -1.52. The second kappa shape index (κ2) is 8.24. The van der Waals surface area contributed by atoms with Gasteiger partial charge in [0.25, 0.3) is 0 Å². The number of likely N-dealkylation sites (N-methyl/N-ethyl adjacent to an activating group) is 1. The van der Waals surface area contributed by atoms with Crippen LogP contribution >= 0.6 is 12.4 Å². The molecule has 4 rings (SSSR count). The van der Waals surface area contributed by atoms with E-state index < -0.39 is 16.1 Å². The van der Waals surface area contributed by atoms with Gasteiger partial charge in [0.2, 0.25) is 15.9 Å². The topological polar surface area (TPSA) is 91.6 Å². The van der Waals surface area contributed by atoms with E-state index in [-0.39, 0.29) is 18.4 Å². The average molecular weight is 414 g/mol. The van der Waals surface area contributed by atoms with Crippen molar-refractivity contribution in [3.63, 3.8) is 0 Å². The number of nitrogens with zero attached hydrogens (tertiary/aromatic N) is 4. The number of sulfonamides is 1. The zero-order valence-electron chi connectivity index (χ0n) is 15.1. The molecule has 0 aliphatic carbocycles. The van der Waals surface area contributed by atoms with Gasteiger partial charge in [0.1, 0.15) is 6.04 Å². The van der Waals surface area contributed by atoms with Crippen LogP contribution in [-0.2, 0) is 10.0 Å². The molecule has 2 aromatic rings. The predicted octanol–water partition coefficient (Wildman–Crippen LogP) is 1.59. The molecule has 2 aliphatic heterocycles. The molecular weight excluding hydrogens is 390 g/mol. The van der Waals surface area contributed by atoms with Gasteiger partial charge < -0.3 is 9.84 Å². The van der Waals surface area contributed by atoms with Crippen molar-refractivity contribution in [2.75, 3.05) is 33.2 Å². The van der Waals surface area contributed by atoms with Crippen molar-refractivity contribution in [1.29, 1.82) is 0 Å². The summed E-state index contributed by atoms with van der Waals surface area (Å²) in [6, 6.07) is 8.15. The summed E-state index contributed by atoms with van der Waals surface area (Å²) in [5.41, 5.74) is 0. The molecule has 2 atom stereocenters. The summed E-state index contributed by atoms with van der Waals surface area (Å²) in [6.07, 6.45) is 1.46. The molecule has 3 heterocycles. The molecule has 0 spiro atoms. The van der Waals surface area contributed by atoms with Gasteiger partial charge in [-0.3, -0.25) is 4.90 Å². The highest BCUT2D eigenvalue weighted by atomic mass is 35.5. The standard InChI is InChI=1S/C17H23N5O3S.ClH/c1-21-11-9-18-12-15(21)16-19-17(25-20-16)14-8-5-10-22(14)26(23,24)13-6-3-2-4-7-13;/h2-4,6-7,14-15,18H,5,8-12H2,1H3;1H. The van der Waals surface area contributed by atoms with Crippen molar-refractivity contribution in [1.82, 2.24) is 24.7 Å². The first-order chi connectivity index (χ1) is 12.6. The number of hydrogen-bond donors (Lipinski definition) is 1. The second-order valence-corrected chi connectivity index (χ2v) is 8.67. The van der Waals surface area contributed by atoms with Crippen molar-refractivity contribution >= 4 is 22.4 Å². The van der Waals surface area contributed by atoms with Crippen LogP contribution in [0.3, 0.4) is 0 Å². The van der Waals surface area contributed by atoms with Gasteiger partial charge >= 0.3 is 0 Å². The van der Waals surface area contributed by atoms with E-state index in [1.165, 1.54) is 4.31 Å². The van der Waals surface area contributed by atoms with E-state index in [4.69, 9.17) is 4.52 Å². The summed E-state index contributed by atoms with van der Waals surface area (Å²) in [4.78, 5) is 7.03. The van der Waals surface area contributed by atoms with Crippen LogP contribution in [0.2, 0.25) is 0 Å². The molecule has 2 saturated heterocycles. The fraction of sp³-hybridized carbons (Fsp3) is 0.529. The summed E-state index contributed by atoms with van der Waals surface area (Å²) in [5.74, 6) is 0.995. The van der Waals surface area contributed by atoms with Gasteiger partial charge in [-0.1, -0.05) is 23.4 Å². The SMILES string of the molecule is CN1CCNCC1c1noc(C2CCCN2S(=O)(=O)c2ccccc2)n1.Cl. The number of rotatable bonds is 4. The van der Waals surface area contributed by atoms with Crippen molar-refractivity contribution in [2.45, 2.75) is 29.8 Å². The highest BCUT2D eigenvalue weighted by Crippen LogP contribution is 2.36. The molecule has 0 saturated carbocycles. The summed E-state index contributed by atoms with van der Waals surface area (Å²) in [7, 11) is -1.55. The van der Waals surface area contributed by atoms with E-state index in [1.807, 2.05) is 7.05 Å². The molecule has 2 unspecified atom stereocenters. The Morgan fingerprint density at radius 2 is 1.96 bits per heavy atom. The molecule has 148 valence electrons. The lowest BCUT2D eigenvalue weighted by Crippen LogP contribution is -2.44. The second-order valence-electron chi connectivity index (χ2n) is 6.78. The van der Waals surface area contributed by atoms with Gasteiger partial charge in [-0.2, -0.15) is 9.29 Å². The largest absolute Gasteiger partial charge is 0.337 e. The monoisotopic (exact) mass is 413 g/mol. The predicted molar refractivity (Wildman–Crippen MR) is 102 cm³/mol. The van der Waals surface area contributed by atoms with Gasteiger partial charge in [-0.05, 0) is 32.0 Å². The van der Waals surface area contributed by atoms with Crippen LogP contribution in [-0.4, -0.2) is 61.0 Å². The minimum absolute atomic E-state index is 0. The maximum atomic E-state index is 13.0. The third-order valence-electron chi connectivity index (χ3n) is 5.11. The third-order valence-corrected chi connectivity index (χ3v) is 7.03. The number of benzene rings is 1. The lowest BCUT2D eigenvalue weighted by Gasteiger charge is -2.30. The molecule has 1 aromatic carbocycles. The number of piperazine rings is 1. The van der Waals surface area contributed by atoms with E-state index in [0.717, 1.165) is 26.1 Å². The highest BCUT2D eigenvalue weighted by Gasteiger charge is 2.40. The normalized spacial score (nSPS) is 24.6. The quantitative estimate of drug-likeness (QED) is 0.813. The summed E-state index contributed by atoms with van der Waals surface area (Å²) in [6.45, 7) is 3.06. The van der Waals surface area contributed by atoms with Gasteiger partial charge in [-0.15, -0.1) is 12.4 Å². The maximum Gasteiger partial charge on any atom is 0.245 e. The summed E-state index contributed by atoms with van der Waals surface area (Å²) < 4.78 is 33.0. The van der Waals surface area contributed by atoms with Crippen LogP contribution in [0.25, 0.3) is 0 Å². The van der Waals surface area contributed by atoms with Crippen LogP contribution in [0.5, 0.6) is 0 Å². The molecule has 10 heteroatoms. The van der Waals surface area contributed by atoms with Crippen molar-refractivity contribution in [2.24, 2.45) is 0 Å². The average Bonchev–Trinajstić information content (AvgIpc) is 3.32. The lowest BCUT2D eigenvalue weighted by atomic mass is 10.2. The molecule has 1 aromatic heterocycles. The Balaban J connectivity index is 0.00000210. The molecular formula is C17H24ClN5O3S. The zero-order valence-corrected chi connectivity index (χ0v) is 16.7. The lowest BCUT2D eigenvalue weighted by molar-refractivity contribution is 0.190. The minimum atomic E-state index is -3.58. The highest BCUT2D eigenvalue weighted by molar-refractivity contribution is 7.89. The molecule has 0 bridgehead atoms. The first-order valence-corrected chi connectivity index (χ1v) is 10.3. The number of hydrogen-bond acceptors (Lipinski definition) is 7. The van der Waals surface area contributed by atoms with E-state index in [0.29, 0.717) is 29.6 Å². The Morgan fingerprint density at radius 1 is 1.19 bits per heavy atom. The van der Waals surface area contributed by atoms with Crippen LogP contribution in [0.1, 0.15) is 36.6 Å². The Labute approximate surface area is 165 Å². The third kappa shape index (κ3) is 3.88.